The van der Waals surface area contributed by atoms with Crippen LogP contribution in [0.15, 0.2) is 17.3 Å². The molecule has 154 valence electrons. The molecule has 0 spiro atoms. The Kier molecular flexibility index (Phi) is 9.18. The summed E-state index contributed by atoms with van der Waals surface area (Å²) in [5, 5.41) is 4.14. The molecule has 0 aromatic heterocycles. The molecule has 0 saturated heterocycles. The maximum Gasteiger partial charge on any atom is 0.335 e. The van der Waals surface area contributed by atoms with E-state index in [0.29, 0.717) is 18.6 Å². The van der Waals surface area contributed by atoms with Crippen LogP contribution in [0.4, 0.5) is 0 Å². The highest BCUT2D eigenvalue weighted by Gasteiger charge is 2.21. The average Bonchev–Trinajstić information content (AvgIpc) is 2.69. The lowest BCUT2D eigenvalue weighted by Crippen LogP contribution is -2.16. The number of esters is 1. The summed E-state index contributed by atoms with van der Waals surface area (Å²) in [6, 6.07) is 3.76. The molecule has 5 heteroatoms. The molecule has 1 aromatic carbocycles. The van der Waals surface area contributed by atoms with Crippen molar-refractivity contribution in [2.75, 3.05) is 0 Å². The number of carbonyl (C=O) groups excluding carboxylic acids is 2. The molecule has 28 heavy (non-hydrogen) atoms. The van der Waals surface area contributed by atoms with Gasteiger partial charge in [0.15, 0.2) is 0 Å². The number of rotatable bonds is 10. The van der Waals surface area contributed by atoms with E-state index in [9.17, 15) is 9.59 Å². The fourth-order valence-electron chi connectivity index (χ4n) is 3.46. The molecule has 2 rings (SSSR count). The second-order valence-corrected chi connectivity index (χ2v) is 7.46. The van der Waals surface area contributed by atoms with Gasteiger partial charge in [-0.25, -0.2) is 4.79 Å². The largest absolute Gasteiger partial charge is 0.426 e. The van der Waals surface area contributed by atoms with Crippen molar-refractivity contribution < 1.29 is 19.2 Å². The van der Waals surface area contributed by atoms with Crippen LogP contribution in [-0.2, 0) is 20.8 Å². The van der Waals surface area contributed by atoms with Crippen molar-refractivity contribution in [3.8, 4) is 5.75 Å². The normalized spacial score (nSPS) is 14.6. The maximum absolute atomic E-state index is 12.1. The van der Waals surface area contributed by atoms with Crippen LogP contribution in [0.2, 0.25) is 0 Å². The third kappa shape index (κ3) is 6.47. The first kappa shape index (κ1) is 22.1. The van der Waals surface area contributed by atoms with Crippen LogP contribution in [0.5, 0.6) is 5.75 Å². The standard InChI is InChI=1S/C23H33NO4/c1-4-6-8-13-22(25)27-21-16-15-19-18(17(21)3)11-10-12-20(19)24-28-23(26)14-9-7-5-2/h15-16H,4-14H2,1-3H3/b24-20+. The van der Waals surface area contributed by atoms with E-state index in [1.807, 2.05) is 19.1 Å². The predicted octanol–water partition coefficient (Wildman–Crippen LogP) is 5.64. The van der Waals surface area contributed by atoms with Crippen LogP contribution in [0.25, 0.3) is 0 Å². The van der Waals surface area contributed by atoms with Crippen molar-refractivity contribution in [1.82, 2.24) is 0 Å². The van der Waals surface area contributed by atoms with Gasteiger partial charge in [-0.3, -0.25) is 4.79 Å². The van der Waals surface area contributed by atoms with Crippen molar-refractivity contribution in [1.29, 1.82) is 0 Å². The van der Waals surface area contributed by atoms with Crippen LogP contribution in [-0.4, -0.2) is 17.7 Å². The Hall–Kier alpha value is -2.17. The van der Waals surface area contributed by atoms with Gasteiger partial charge in [0.2, 0.25) is 0 Å². The molecule has 0 saturated carbocycles. The molecule has 0 fully saturated rings. The fourth-order valence-corrected chi connectivity index (χ4v) is 3.46. The summed E-state index contributed by atoms with van der Waals surface area (Å²) in [6.45, 7) is 6.19. The molecule has 0 unspecified atom stereocenters. The van der Waals surface area contributed by atoms with Gasteiger partial charge < -0.3 is 9.57 Å². The highest BCUT2D eigenvalue weighted by Crippen LogP contribution is 2.31. The minimum absolute atomic E-state index is 0.179. The molecule has 1 aliphatic rings. The summed E-state index contributed by atoms with van der Waals surface area (Å²) in [7, 11) is 0. The molecule has 0 radical (unpaired) electrons. The Morgan fingerprint density at radius 1 is 0.964 bits per heavy atom. The van der Waals surface area contributed by atoms with Gasteiger partial charge in [0, 0.05) is 18.4 Å². The van der Waals surface area contributed by atoms with Gasteiger partial charge in [-0.15, -0.1) is 0 Å². The van der Waals surface area contributed by atoms with E-state index in [1.165, 1.54) is 0 Å². The summed E-state index contributed by atoms with van der Waals surface area (Å²) in [4.78, 5) is 29.0. The number of carbonyl (C=O) groups is 2. The molecule has 0 bridgehead atoms. The van der Waals surface area contributed by atoms with Gasteiger partial charge in [0.1, 0.15) is 5.75 Å². The van der Waals surface area contributed by atoms with Crippen LogP contribution in [0.1, 0.15) is 94.7 Å². The number of hydrogen-bond donors (Lipinski definition) is 0. The van der Waals surface area contributed by atoms with E-state index in [4.69, 9.17) is 9.57 Å². The summed E-state index contributed by atoms with van der Waals surface area (Å²) in [5.41, 5.74) is 3.90. The lowest BCUT2D eigenvalue weighted by molar-refractivity contribution is -0.143. The van der Waals surface area contributed by atoms with Crippen LogP contribution in [0.3, 0.4) is 0 Å². The lowest BCUT2D eigenvalue weighted by atomic mass is 9.87. The minimum Gasteiger partial charge on any atom is -0.426 e. The van der Waals surface area contributed by atoms with Gasteiger partial charge in [-0.2, -0.15) is 0 Å². The highest BCUT2D eigenvalue weighted by atomic mass is 16.7. The maximum atomic E-state index is 12.1. The zero-order chi connectivity index (χ0) is 20.4. The topological polar surface area (TPSA) is 65.0 Å². The summed E-state index contributed by atoms with van der Waals surface area (Å²) in [5.74, 6) is 0.169. The van der Waals surface area contributed by atoms with Crippen molar-refractivity contribution in [2.45, 2.75) is 91.4 Å². The molecule has 0 amide bonds. The number of nitrogens with zero attached hydrogens (tertiary/aromatic N) is 1. The smallest absolute Gasteiger partial charge is 0.335 e. The molecule has 1 aromatic rings. The number of benzene rings is 1. The first-order valence-electron chi connectivity index (χ1n) is 10.7. The number of ether oxygens (including phenoxy) is 1. The molecule has 5 nitrogen and oxygen atoms in total. The third-order valence-corrected chi connectivity index (χ3v) is 5.15. The summed E-state index contributed by atoms with van der Waals surface area (Å²) in [6.07, 6.45) is 9.39. The molecule has 0 N–H and O–H groups in total. The Balaban J connectivity index is 2.05. The zero-order valence-corrected chi connectivity index (χ0v) is 17.5. The molecule has 0 atom stereocenters. The van der Waals surface area contributed by atoms with E-state index in [1.54, 1.807) is 0 Å². The Labute approximate surface area is 168 Å². The Bertz CT molecular complexity index is 709. The van der Waals surface area contributed by atoms with Gasteiger partial charge in [-0.05, 0) is 62.3 Å². The van der Waals surface area contributed by atoms with E-state index >= 15 is 0 Å². The van der Waals surface area contributed by atoms with E-state index in [-0.39, 0.29) is 11.9 Å². The summed E-state index contributed by atoms with van der Waals surface area (Å²) >= 11 is 0. The fraction of sp³-hybridized carbons (Fsp3) is 0.609. The third-order valence-electron chi connectivity index (χ3n) is 5.15. The van der Waals surface area contributed by atoms with Crippen molar-refractivity contribution in [2.24, 2.45) is 5.16 Å². The number of fused-ring (bicyclic) bond motifs is 1. The Morgan fingerprint density at radius 2 is 1.64 bits per heavy atom. The average molecular weight is 388 g/mol. The number of unbranched alkanes of at least 4 members (excludes halogenated alkanes) is 4. The zero-order valence-electron chi connectivity index (χ0n) is 17.5. The quantitative estimate of drug-likeness (QED) is 0.171. The minimum atomic E-state index is -0.276. The van der Waals surface area contributed by atoms with Crippen LogP contribution >= 0.6 is 0 Å². The number of oxime groups is 1. The van der Waals surface area contributed by atoms with Crippen molar-refractivity contribution >= 4 is 17.7 Å². The monoisotopic (exact) mass is 387 g/mol. The van der Waals surface area contributed by atoms with Gasteiger partial charge >= 0.3 is 11.9 Å². The highest BCUT2D eigenvalue weighted by molar-refractivity contribution is 6.03. The van der Waals surface area contributed by atoms with Crippen LogP contribution < -0.4 is 4.74 Å². The summed E-state index contributed by atoms with van der Waals surface area (Å²) < 4.78 is 5.58. The van der Waals surface area contributed by atoms with Gasteiger partial charge in [0.05, 0.1) is 5.71 Å². The van der Waals surface area contributed by atoms with Gasteiger partial charge in [-0.1, -0.05) is 44.7 Å². The van der Waals surface area contributed by atoms with Crippen LogP contribution in [0, 0.1) is 6.92 Å². The number of hydrogen-bond acceptors (Lipinski definition) is 5. The second kappa shape index (κ2) is 11.6. The molecule has 0 aliphatic heterocycles. The first-order valence-corrected chi connectivity index (χ1v) is 10.7. The molecule has 0 heterocycles. The lowest BCUT2D eigenvalue weighted by Gasteiger charge is -2.21. The molecular formula is C23H33NO4. The van der Waals surface area contributed by atoms with E-state index in [2.05, 4.69) is 19.0 Å². The van der Waals surface area contributed by atoms with E-state index in [0.717, 1.165) is 80.2 Å². The SMILES string of the molecule is CCCCCC(=O)O/N=C1\CCCc2c1ccc(OC(=O)CCCCC)c2C. The second-order valence-electron chi connectivity index (χ2n) is 7.46. The van der Waals surface area contributed by atoms with Crippen molar-refractivity contribution in [3.63, 3.8) is 0 Å². The molecular weight excluding hydrogens is 354 g/mol. The van der Waals surface area contributed by atoms with Crippen molar-refractivity contribution in [3.05, 3.63) is 28.8 Å². The van der Waals surface area contributed by atoms with Gasteiger partial charge in [0.25, 0.3) is 0 Å². The van der Waals surface area contributed by atoms with E-state index < -0.39 is 0 Å². The molecule has 1 aliphatic carbocycles. The predicted molar refractivity (Wildman–Crippen MR) is 111 cm³/mol. The Morgan fingerprint density at radius 3 is 2.32 bits per heavy atom. The first-order chi connectivity index (χ1) is 13.6.